The van der Waals surface area contributed by atoms with Crippen molar-refractivity contribution < 1.29 is 9.59 Å². The number of amides is 2. The number of carbonyl (C=O) groups excluding carboxylic acids is 2. The third kappa shape index (κ3) is 5.39. The van der Waals surface area contributed by atoms with Gasteiger partial charge in [-0.15, -0.1) is 11.3 Å². The minimum Gasteiger partial charge on any atom is -0.341 e. The Balaban J connectivity index is 2.63. The van der Waals surface area contributed by atoms with Crippen LogP contribution in [0.2, 0.25) is 0 Å². The van der Waals surface area contributed by atoms with E-state index in [-0.39, 0.29) is 18.4 Å². The van der Waals surface area contributed by atoms with Crippen molar-refractivity contribution in [1.29, 1.82) is 0 Å². The summed E-state index contributed by atoms with van der Waals surface area (Å²) in [4.78, 5) is 28.7. The summed E-state index contributed by atoms with van der Waals surface area (Å²) in [6.45, 7) is 7.87. The second-order valence-corrected chi connectivity index (χ2v) is 7.84. The SMILES string of the molecule is CCC(CC)CN(CC)C(=O)CN(C)C(=O)c1ccc(Br)s1. The summed E-state index contributed by atoms with van der Waals surface area (Å²) >= 11 is 4.73. The molecule has 0 radical (unpaired) electrons. The first kappa shape index (κ1) is 19.2. The maximum atomic E-state index is 12.4. The minimum atomic E-state index is -0.109. The number of likely N-dealkylation sites (N-methyl/N-ethyl adjacent to an activating group) is 2. The number of hydrogen-bond acceptors (Lipinski definition) is 3. The summed E-state index contributed by atoms with van der Waals surface area (Å²) in [5.41, 5.74) is 0. The van der Waals surface area contributed by atoms with Crippen molar-refractivity contribution in [3.8, 4) is 0 Å². The molecule has 0 aliphatic heterocycles. The fraction of sp³-hybridized carbons (Fsp3) is 0.625. The number of nitrogens with zero attached hydrogens (tertiary/aromatic N) is 2. The van der Waals surface area contributed by atoms with Crippen LogP contribution < -0.4 is 0 Å². The molecule has 0 aliphatic carbocycles. The summed E-state index contributed by atoms with van der Waals surface area (Å²) < 4.78 is 0.916. The quantitative estimate of drug-likeness (QED) is 0.677. The molecule has 0 spiro atoms. The third-order valence-electron chi connectivity index (χ3n) is 3.87. The highest BCUT2D eigenvalue weighted by Gasteiger charge is 2.21. The molecule has 6 heteroatoms. The summed E-state index contributed by atoms with van der Waals surface area (Å²) in [6.07, 6.45) is 2.14. The van der Waals surface area contributed by atoms with Gasteiger partial charge in [-0.3, -0.25) is 9.59 Å². The molecule has 1 aromatic heterocycles. The van der Waals surface area contributed by atoms with Gasteiger partial charge in [0.2, 0.25) is 5.91 Å². The number of rotatable bonds is 8. The monoisotopic (exact) mass is 388 g/mol. The van der Waals surface area contributed by atoms with Gasteiger partial charge >= 0.3 is 0 Å². The Hall–Kier alpha value is -0.880. The highest BCUT2D eigenvalue weighted by molar-refractivity contribution is 9.11. The van der Waals surface area contributed by atoms with E-state index in [1.807, 2.05) is 17.9 Å². The fourth-order valence-corrected chi connectivity index (χ4v) is 3.64. The van der Waals surface area contributed by atoms with Crippen molar-refractivity contribution in [1.82, 2.24) is 9.80 Å². The van der Waals surface area contributed by atoms with E-state index in [0.29, 0.717) is 17.3 Å². The van der Waals surface area contributed by atoms with Gasteiger partial charge in [-0.2, -0.15) is 0 Å². The van der Waals surface area contributed by atoms with Gasteiger partial charge in [0.15, 0.2) is 0 Å². The Labute approximate surface area is 145 Å². The number of hydrogen-bond donors (Lipinski definition) is 0. The van der Waals surface area contributed by atoms with E-state index in [2.05, 4.69) is 29.8 Å². The number of halogens is 1. The third-order valence-corrected chi connectivity index (χ3v) is 5.48. The van der Waals surface area contributed by atoms with E-state index in [9.17, 15) is 9.59 Å². The zero-order chi connectivity index (χ0) is 16.7. The first-order valence-electron chi connectivity index (χ1n) is 7.71. The average Bonchev–Trinajstić information content (AvgIpc) is 2.94. The molecule has 2 amide bonds. The van der Waals surface area contributed by atoms with Crippen LogP contribution in [0, 0.1) is 5.92 Å². The van der Waals surface area contributed by atoms with Crippen molar-refractivity contribution in [2.45, 2.75) is 33.6 Å². The molecule has 0 N–H and O–H groups in total. The Morgan fingerprint density at radius 2 is 1.86 bits per heavy atom. The van der Waals surface area contributed by atoms with Crippen molar-refractivity contribution in [2.75, 3.05) is 26.7 Å². The van der Waals surface area contributed by atoms with E-state index in [1.165, 1.54) is 16.2 Å². The first-order valence-corrected chi connectivity index (χ1v) is 9.32. The summed E-state index contributed by atoms with van der Waals surface area (Å²) in [7, 11) is 1.68. The molecule has 1 rings (SSSR count). The van der Waals surface area contributed by atoms with Crippen molar-refractivity contribution in [3.63, 3.8) is 0 Å². The maximum Gasteiger partial charge on any atom is 0.264 e. The predicted molar refractivity (Wildman–Crippen MR) is 95.3 cm³/mol. The van der Waals surface area contributed by atoms with Gasteiger partial charge in [0.1, 0.15) is 0 Å². The maximum absolute atomic E-state index is 12.4. The zero-order valence-electron chi connectivity index (χ0n) is 13.8. The Bertz CT molecular complexity index is 500. The van der Waals surface area contributed by atoms with Crippen LogP contribution in [0.25, 0.3) is 0 Å². The number of thiophene rings is 1. The molecule has 4 nitrogen and oxygen atoms in total. The smallest absolute Gasteiger partial charge is 0.264 e. The highest BCUT2D eigenvalue weighted by Crippen LogP contribution is 2.23. The molecular weight excluding hydrogens is 364 g/mol. The van der Waals surface area contributed by atoms with Gasteiger partial charge in [0, 0.05) is 20.1 Å². The van der Waals surface area contributed by atoms with Gasteiger partial charge in [0.25, 0.3) is 5.91 Å². The summed E-state index contributed by atoms with van der Waals surface area (Å²) in [5, 5.41) is 0. The Morgan fingerprint density at radius 1 is 1.23 bits per heavy atom. The first-order chi connectivity index (χ1) is 10.4. The Morgan fingerprint density at radius 3 is 2.32 bits per heavy atom. The molecule has 0 aliphatic rings. The number of carbonyl (C=O) groups is 2. The lowest BCUT2D eigenvalue weighted by Gasteiger charge is -2.27. The lowest BCUT2D eigenvalue weighted by Crippen LogP contribution is -2.42. The van der Waals surface area contributed by atoms with Crippen LogP contribution in [0.1, 0.15) is 43.3 Å². The topological polar surface area (TPSA) is 40.6 Å². The largest absolute Gasteiger partial charge is 0.341 e. The fourth-order valence-electron chi connectivity index (χ4n) is 2.26. The molecule has 0 saturated carbocycles. The van der Waals surface area contributed by atoms with Crippen LogP contribution in [-0.2, 0) is 4.79 Å². The molecule has 0 aromatic carbocycles. The Kier molecular flexibility index (Phi) is 8.10. The van der Waals surface area contributed by atoms with Crippen LogP contribution in [0.4, 0.5) is 0 Å². The molecule has 0 unspecified atom stereocenters. The molecule has 124 valence electrons. The second kappa shape index (κ2) is 9.30. The molecule has 0 saturated heterocycles. The van der Waals surface area contributed by atoms with Crippen LogP contribution in [-0.4, -0.2) is 48.3 Å². The molecule has 1 aromatic rings. The van der Waals surface area contributed by atoms with Gasteiger partial charge < -0.3 is 9.80 Å². The van der Waals surface area contributed by atoms with E-state index in [4.69, 9.17) is 0 Å². The van der Waals surface area contributed by atoms with Crippen LogP contribution in [0.15, 0.2) is 15.9 Å². The van der Waals surface area contributed by atoms with Gasteiger partial charge in [-0.25, -0.2) is 0 Å². The standard InChI is InChI=1S/C16H25BrN2O2S/c1-5-12(6-2)10-19(7-3)15(20)11-18(4)16(21)13-8-9-14(17)22-13/h8-9,12H,5-7,10-11H2,1-4H3. The minimum absolute atomic E-state index is 0.0147. The van der Waals surface area contributed by atoms with E-state index in [1.54, 1.807) is 13.1 Å². The van der Waals surface area contributed by atoms with Crippen LogP contribution >= 0.6 is 27.3 Å². The molecule has 0 fully saturated rings. The van der Waals surface area contributed by atoms with Crippen molar-refractivity contribution in [3.05, 3.63) is 20.8 Å². The van der Waals surface area contributed by atoms with E-state index >= 15 is 0 Å². The second-order valence-electron chi connectivity index (χ2n) is 5.38. The van der Waals surface area contributed by atoms with Gasteiger partial charge in [-0.1, -0.05) is 26.7 Å². The van der Waals surface area contributed by atoms with Crippen molar-refractivity contribution in [2.24, 2.45) is 5.92 Å². The summed E-state index contributed by atoms with van der Waals surface area (Å²) in [6, 6.07) is 3.62. The predicted octanol–water partition coefficient (Wildman–Crippen LogP) is 3.87. The molecule has 0 bridgehead atoms. The van der Waals surface area contributed by atoms with Crippen LogP contribution in [0.5, 0.6) is 0 Å². The lowest BCUT2D eigenvalue weighted by molar-refractivity contribution is -0.132. The molecule has 0 atom stereocenters. The zero-order valence-corrected chi connectivity index (χ0v) is 16.2. The van der Waals surface area contributed by atoms with E-state index < -0.39 is 0 Å². The van der Waals surface area contributed by atoms with Gasteiger partial charge in [-0.05, 0) is 40.9 Å². The molecular formula is C16H25BrN2O2S. The highest BCUT2D eigenvalue weighted by atomic mass is 79.9. The normalized spacial score (nSPS) is 10.8. The van der Waals surface area contributed by atoms with Gasteiger partial charge in [0.05, 0.1) is 15.2 Å². The summed E-state index contributed by atoms with van der Waals surface area (Å²) in [5.74, 6) is 0.432. The molecule has 22 heavy (non-hydrogen) atoms. The average molecular weight is 389 g/mol. The lowest BCUT2D eigenvalue weighted by atomic mass is 10.0. The van der Waals surface area contributed by atoms with Crippen molar-refractivity contribution >= 4 is 39.1 Å². The molecule has 1 heterocycles. The van der Waals surface area contributed by atoms with Crippen LogP contribution in [0.3, 0.4) is 0 Å². The van der Waals surface area contributed by atoms with E-state index in [0.717, 1.165) is 23.2 Å².